The van der Waals surface area contributed by atoms with Crippen LogP contribution in [-0.2, 0) is 4.74 Å². The summed E-state index contributed by atoms with van der Waals surface area (Å²) in [5.74, 6) is 0.620. The molecule has 1 N–H and O–H groups in total. The van der Waals surface area contributed by atoms with Crippen molar-refractivity contribution >= 4 is 49.8 Å². The first-order valence-corrected chi connectivity index (χ1v) is 11.8. The van der Waals surface area contributed by atoms with Gasteiger partial charge in [0.25, 0.3) is 5.91 Å². The van der Waals surface area contributed by atoms with Crippen LogP contribution in [0.1, 0.15) is 27.0 Å². The number of hydrogen-bond donors (Lipinski definition) is 1. The molecule has 2 aromatic carbocycles. The third-order valence-corrected chi connectivity index (χ3v) is 6.85. The van der Waals surface area contributed by atoms with Crippen LogP contribution in [-0.4, -0.2) is 37.1 Å². The van der Waals surface area contributed by atoms with Crippen molar-refractivity contribution in [2.24, 2.45) is 0 Å². The third-order valence-electron chi connectivity index (χ3n) is 5.45. The molecular weight excluding hydrogens is 476 g/mol. The van der Waals surface area contributed by atoms with Crippen LogP contribution in [0, 0.1) is 0 Å². The van der Waals surface area contributed by atoms with Crippen molar-refractivity contribution in [3.05, 3.63) is 86.7 Å². The van der Waals surface area contributed by atoms with E-state index >= 15 is 0 Å². The van der Waals surface area contributed by atoms with E-state index in [1.807, 2.05) is 53.9 Å². The Morgan fingerprint density at radius 3 is 2.55 bits per heavy atom. The van der Waals surface area contributed by atoms with E-state index in [2.05, 4.69) is 38.3 Å². The number of anilines is 1. The summed E-state index contributed by atoms with van der Waals surface area (Å²) in [7, 11) is 0. The van der Waals surface area contributed by atoms with E-state index in [-0.39, 0.29) is 11.9 Å². The molecule has 0 radical (unpaired) electrons. The summed E-state index contributed by atoms with van der Waals surface area (Å²) in [5, 5.41) is 5.95. The average Bonchev–Trinajstić information content (AvgIpc) is 3.45. The summed E-state index contributed by atoms with van der Waals surface area (Å²) in [6.07, 6.45) is 0. The van der Waals surface area contributed by atoms with Gasteiger partial charge in [-0.05, 0) is 41.3 Å². The van der Waals surface area contributed by atoms with Crippen molar-refractivity contribution in [3.63, 3.8) is 0 Å². The van der Waals surface area contributed by atoms with Crippen LogP contribution in [0.25, 0.3) is 11.0 Å². The average molecular weight is 497 g/mol. The molecule has 158 valence electrons. The largest absolute Gasteiger partial charge is 0.457 e. The highest BCUT2D eigenvalue weighted by molar-refractivity contribution is 9.10. The number of carbonyl (C=O) groups is 1. The van der Waals surface area contributed by atoms with Crippen LogP contribution >= 0.6 is 27.3 Å². The summed E-state index contributed by atoms with van der Waals surface area (Å²) in [6, 6.07) is 19.7. The Labute approximate surface area is 192 Å². The minimum absolute atomic E-state index is 0.126. The smallest absolute Gasteiger partial charge is 0.265 e. The lowest BCUT2D eigenvalue weighted by Crippen LogP contribution is -2.39. The fraction of sp³-hybridized carbons (Fsp3) is 0.208. The second-order valence-electron chi connectivity index (χ2n) is 7.37. The molecule has 5 rings (SSSR count). The summed E-state index contributed by atoms with van der Waals surface area (Å²) in [4.78, 5) is 16.0. The number of morpholine rings is 1. The molecule has 1 saturated heterocycles. The molecule has 0 bridgehead atoms. The summed E-state index contributed by atoms with van der Waals surface area (Å²) >= 11 is 4.96. The fourth-order valence-electron chi connectivity index (χ4n) is 3.98. The van der Waals surface area contributed by atoms with Crippen LogP contribution in [0.15, 0.2) is 74.9 Å². The molecule has 7 heteroatoms. The highest BCUT2D eigenvalue weighted by Crippen LogP contribution is 2.41. The number of fused-ring (bicyclic) bond motifs is 1. The number of rotatable bonds is 5. The molecule has 1 atom stereocenters. The highest BCUT2D eigenvalue weighted by atomic mass is 79.9. The Balaban J connectivity index is 1.64. The number of para-hydroxylation sites is 1. The van der Waals surface area contributed by atoms with E-state index in [1.165, 1.54) is 11.3 Å². The molecule has 0 spiro atoms. The predicted octanol–water partition coefficient (Wildman–Crippen LogP) is 5.93. The number of ether oxygens (including phenoxy) is 1. The Kier molecular flexibility index (Phi) is 5.91. The number of thiophene rings is 1. The zero-order valence-corrected chi connectivity index (χ0v) is 19.1. The fourth-order valence-corrected chi connectivity index (χ4v) is 4.86. The summed E-state index contributed by atoms with van der Waals surface area (Å²) in [5.41, 5.74) is 2.60. The number of amides is 1. The quantitative estimate of drug-likeness (QED) is 0.371. The van der Waals surface area contributed by atoms with Crippen molar-refractivity contribution in [1.82, 2.24) is 4.90 Å². The molecule has 0 saturated carbocycles. The molecule has 2 aromatic heterocycles. The SMILES string of the molecule is O=C(Nc1c([C@H](c2ccc(Br)cc2)N2CCOCC2)oc2ccccc12)c1cccs1. The van der Waals surface area contributed by atoms with Gasteiger partial charge in [-0.25, -0.2) is 0 Å². The van der Waals surface area contributed by atoms with Gasteiger partial charge in [-0.1, -0.05) is 46.3 Å². The van der Waals surface area contributed by atoms with Gasteiger partial charge in [-0.2, -0.15) is 0 Å². The molecule has 1 amide bonds. The number of hydrogen-bond acceptors (Lipinski definition) is 5. The minimum Gasteiger partial charge on any atom is -0.457 e. The van der Waals surface area contributed by atoms with Gasteiger partial charge in [0.05, 0.1) is 29.8 Å². The topological polar surface area (TPSA) is 54.7 Å². The zero-order chi connectivity index (χ0) is 21.2. The maximum atomic E-state index is 13.0. The maximum Gasteiger partial charge on any atom is 0.265 e. The van der Waals surface area contributed by atoms with Gasteiger partial charge >= 0.3 is 0 Å². The normalized spacial score (nSPS) is 15.8. The van der Waals surface area contributed by atoms with Gasteiger partial charge in [0.15, 0.2) is 0 Å². The lowest BCUT2D eigenvalue weighted by atomic mass is 10.0. The first-order chi connectivity index (χ1) is 15.2. The zero-order valence-electron chi connectivity index (χ0n) is 16.7. The molecule has 31 heavy (non-hydrogen) atoms. The Morgan fingerprint density at radius 1 is 1.03 bits per heavy atom. The van der Waals surface area contributed by atoms with Crippen LogP contribution in [0.3, 0.4) is 0 Å². The molecule has 0 unspecified atom stereocenters. The maximum absolute atomic E-state index is 13.0. The molecule has 4 aromatic rings. The van der Waals surface area contributed by atoms with Crippen LogP contribution in [0.2, 0.25) is 0 Å². The second kappa shape index (κ2) is 8.96. The van der Waals surface area contributed by atoms with Gasteiger partial charge in [0.1, 0.15) is 11.3 Å². The van der Waals surface area contributed by atoms with E-state index in [1.54, 1.807) is 0 Å². The monoisotopic (exact) mass is 496 g/mol. The molecule has 5 nitrogen and oxygen atoms in total. The van der Waals surface area contributed by atoms with E-state index in [0.717, 1.165) is 45.5 Å². The van der Waals surface area contributed by atoms with E-state index in [9.17, 15) is 4.79 Å². The first-order valence-electron chi connectivity index (χ1n) is 10.1. The molecule has 1 fully saturated rings. The summed E-state index contributed by atoms with van der Waals surface area (Å²) < 4.78 is 13.0. The van der Waals surface area contributed by atoms with Crippen molar-refractivity contribution in [2.75, 3.05) is 31.6 Å². The highest BCUT2D eigenvalue weighted by Gasteiger charge is 2.31. The van der Waals surface area contributed by atoms with Gasteiger partial charge in [0, 0.05) is 22.9 Å². The molecule has 3 heterocycles. The molecular formula is C24H21BrN2O3S. The number of furan rings is 1. The number of nitrogens with one attached hydrogen (secondary N) is 1. The predicted molar refractivity (Wildman–Crippen MR) is 127 cm³/mol. The van der Waals surface area contributed by atoms with Crippen molar-refractivity contribution < 1.29 is 13.9 Å². The molecule has 0 aliphatic carbocycles. The second-order valence-corrected chi connectivity index (χ2v) is 9.23. The van der Waals surface area contributed by atoms with Gasteiger partial charge in [-0.15, -0.1) is 11.3 Å². The van der Waals surface area contributed by atoms with Crippen LogP contribution in [0.5, 0.6) is 0 Å². The van der Waals surface area contributed by atoms with Crippen molar-refractivity contribution in [1.29, 1.82) is 0 Å². The van der Waals surface area contributed by atoms with Crippen LogP contribution < -0.4 is 5.32 Å². The van der Waals surface area contributed by atoms with E-state index in [4.69, 9.17) is 9.15 Å². The number of nitrogens with zero attached hydrogens (tertiary/aromatic N) is 1. The van der Waals surface area contributed by atoms with E-state index in [0.29, 0.717) is 18.1 Å². The summed E-state index contributed by atoms with van der Waals surface area (Å²) in [6.45, 7) is 2.92. The van der Waals surface area contributed by atoms with Crippen LogP contribution in [0.4, 0.5) is 5.69 Å². The Hall–Kier alpha value is -2.45. The Morgan fingerprint density at radius 2 is 1.81 bits per heavy atom. The number of carbonyl (C=O) groups excluding carboxylic acids is 1. The number of benzene rings is 2. The molecule has 1 aliphatic rings. The standard InChI is InChI=1S/C24H21BrN2O3S/c25-17-9-7-16(8-10-17)22(27-11-13-29-14-12-27)23-21(18-4-1-2-5-19(18)30-23)26-24(28)20-6-3-15-31-20/h1-10,15,22H,11-14H2,(H,26,28)/t22-/m0/s1. The Bertz CT molecular complexity index is 1180. The van der Waals surface area contributed by atoms with Gasteiger partial charge in [0.2, 0.25) is 0 Å². The third kappa shape index (κ3) is 4.19. The number of halogens is 1. The first kappa shape index (κ1) is 20.5. The van der Waals surface area contributed by atoms with Gasteiger partial charge < -0.3 is 14.5 Å². The van der Waals surface area contributed by atoms with Gasteiger partial charge in [-0.3, -0.25) is 9.69 Å². The van der Waals surface area contributed by atoms with Crippen molar-refractivity contribution in [2.45, 2.75) is 6.04 Å². The van der Waals surface area contributed by atoms with Crippen molar-refractivity contribution in [3.8, 4) is 0 Å². The lowest BCUT2D eigenvalue weighted by Gasteiger charge is -2.34. The van der Waals surface area contributed by atoms with E-state index < -0.39 is 0 Å². The minimum atomic E-state index is -0.136. The molecule has 1 aliphatic heterocycles. The lowest BCUT2D eigenvalue weighted by molar-refractivity contribution is 0.0206.